The van der Waals surface area contributed by atoms with Crippen LogP contribution in [0.2, 0.25) is 0 Å². The van der Waals surface area contributed by atoms with Gasteiger partial charge in [-0.15, -0.1) is 0 Å². The van der Waals surface area contributed by atoms with Gasteiger partial charge in [-0.2, -0.15) is 0 Å². The SMILES string of the molecule is C1=C[C@H](NCc2ccccc2)CCCC1. The highest BCUT2D eigenvalue weighted by Crippen LogP contribution is 2.11. The van der Waals surface area contributed by atoms with Crippen LogP contribution in [0.4, 0.5) is 0 Å². The summed E-state index contributed by atoms with van der Waals surface area (Å²) in [6, 6.07) is 11.2. The minimum Gasteiger partial charge on any atom is -0.306 e. The molecule has 0 radical (unpaired) electrons. The van der Waals surface area contributed by atoms with Gasteiger partial charge in [-0.25, -0.2) is 0 Å². The van der Waals surface area contributed by atoms with Crippen molar-refractivity contribution in [2.45, 2.75) is 38.3 Å². The number of nitrogens with one attached hydrogen (secondary N) is 1. The van der Waals surface area contributed by atoms with E-state index in [1.165, 1.54) is 31.2 Å². The number of hydrogen-bond acceptors (Lipinski definition) is 1. The number of rotatable bonds is 3. The summed E-state index contributed by atoms with van der Waals surface area (Å²) in [5.74, 6) is 0. The van der Waals surface area contributed by atoms with Crippen molar-refractivity contribution in [3.05, 3.63) is 48.0 Å². The summed E-state index contributed by atoms with van der Waals surface area (Å²) in [5.41, 5.74) is 1.37. The van der Waals surface area contributed by atoms with E-state index in [9.17, 15) is 0 Å². The van der Waals surface area contributed by atoms with Crippen molar-refractivity contribution in [3.8, 4) is 0 Å². The Bertz CT molecular complexity index is 302. The van der Waals surface area contributed by atoms with Gasteiger partial charge in [0.2, 0.25) is 0 Å². The van der Waals surface area contributed by atoms with E-state index >= 15 is 0 Å². The summed E-state index contributed by atoms with van der Waals surface area (Å²) < 4.78 is 0. The van der Waals surface area contributed by atoms with Crippen molar-refractivity contribution in [2.75, 3.05) is 0 Å². The molecule has 1 nitrogen and oxygen atoms in total. The monoisotopic (exact) mass is 201 g/mol. The first-order chi connectivity index (χ1) is 7.45. The molecule has 0 heterocycles. The fourth-order valence-electron chi connectivity index (χ4n) is 2.00. The van der Waals surface area contributed by atoms with Crippen LogP contribution in [-0.2, 0) is 6.54 Å². The average Bonchev–Trinajstić information content (AvgIpc) is 2.56. The van der Waals surface area contributed by atoms with Gasteiger partial charge in [0.15, 0.2) is 0 Å². The van der Waals surface area contributed by atoms with Crippen LogP contribution in [0.5, 0.6) is 0 Å². The molecule has 0 amide bonds. The number of benzene rings is 1. The van der Waals surface area contributed by atoms with E-state index < -0.39 is 0 Å². The van der Waals surface area contributed by atoms with Crippen molar-refractivity contribution < 1.29 is 0 Å². The summed E-state index contributed by atoms with van der Waals surface area (Å²) in [5, 5.41) is 3.59. The Morgan fingerprint density at radius 1 is 1.13 bits per heavy atom. The smallest absolute Gasteiger partial charge is 0.0253 e. The quantitative estimate of drug-likeness (QED) is 0.740. The van der Waals surface area contributed by atoms with Crippen molar-refractivity contribution in [1.82, 2.24) is 5.32 Å². The van der Waals surface area contributed by atoms with Crippen LogP contribution in [0.3, 0.4) is 0 Å². The highest BCUT2D eigenvalue weighted by atomic mass is 14.9. The molecule has 1 heteroatoms. The summed E-state index contributed by atoms with van der Waals surface area (Å²) in [6.45, 7) is 0.982. The van der Waals surface area contributed by atoms with Gasteiger partial charge in [-0.05, 0) is 24.8 Å². The van der Waals surface area contributed by atoms with Gasteiger partial charge in [-0.3, -0.25) is 0 Å². The molecule has 0 saturated carbocycles. The molecule has 1 aliphatic rings. The van der Waals surface area contributed by atoms with Crippen LogP contribution in [0.1, 0.15) is 31.2 Å². The lowest BCUT2D eigenvalue weighted by atomic mass is 10.1. The lowest BCUT2D eigenvalue weighted by Gasteiger charge is -2.13. The molecule has 0 aromatic heterocycles. The van der Waals surface area contributed by atoms with Crippen molar-refractivity contribution in [3.63, 3.8) is 0 Å². The molecule has 0 saturated heterocycles. The van der Waals surface area contributed by atoms with E-state index in [2.05, 4.69) is 47.8 Å². The van der Waals surface area contributed by atoms with E-state index in [0.717, 1.165) is 6.54 Å². The molecule has 0 bridgehead atoms. The third kappa shape index (κ3) is 3.52. The Kier molecular flexibility index (Phi) is 3.98. The second kappa shape index (κ2) is 5.72. The second-order valence-electron chi connectivity index (χ2n) is 4.19. The molecule has 1 aliphatic carbocycles. The molecule has 1 aromatic rings. The molecule has 0 spiro atoms. The van der Waals surface area contributed by atoms with Gasteiger partial charge in [0.05, 0.1) is 0 Å². The van der Waals surface area contributed by atoms with E-state index in [1.54, 1.807) is 0 Å². The Morgan fingerprint density at radius 3 is 2.87 bits per heavy atom. The lowest BCUT2D eigenvalue weighted by molar-refractivity contribution is 0.538. The third-order valence-corrected chi connectivity index (χ3v) is 2.92. The molecule has 80 valence electrons. The van der Waals surface area contributed by atoms with Crippen LogP contribution in [0.25, 0.3) is 0 Å². The van der Waals surface area contributed by atoms with Crippen molar-refractivity contribution >= 4 is 0 Å². The predicted octanol–water partition coefficient (Wildman–Crippen LogP) is 3.28. The molecular weight excluding hydrogens is 182 g/mol. The first kappa shape index (κ1) is 10.4. The summed E-state index contributed by atoms with van der Waals surface area (Å²) >= 11 is 0. The first-order valence-electron chi connectivity index (χ1n) is 5.89. The van der Waals surface area contributed by atoms with Crippen LogP contribution in [0.15, 0.2) is 42.5 Å². The minimum absolute atomic E-state index is 0.577. The summed E-state index contributed by atoms with van der Waals surface area (Å²) in [7, 11) is 0. The molecule has 15 heavy (non-hydrogen) atoms. The van der Waals surface area contributed by atoms with Crippen LogP contribution in [0, 0.1) is 0 Å². The molecule has 2 rings (SSSR count). The summed E-state index contributed by atoms with van der Waals surface area (Å²) in [6.07, 6.45) is 9.87. The normalized spacial score (nSPS) is 21.2. The van der Waals surface area contributed by atoms with Crippen LogP contribution < -0.4 is 5.32 Å². The Labute approximate surface area is 92.2 Å². The van der Waals surface area contributed by atoms with Gasteiger partial charge in [0.25, 0.3) is 0 Å². The first-order valence-corrected chi connectivity index (χ1v) is 5.89. The fourth-order valence-corrected chi connectivity index (χ4v) is 2.00. The van der Waals surface area contributed by atoms with E-state index in [4.69, 9.17) is 0 Å². The molecule has 0 aliphatic heterocycles. The van der Waals surface area contributed by atoms with Gasteiger partial charge in [0.1, 0.15) is 0 Å². The Balaban J connectivity index is 1.82. The lowest BCUT2D eigenvalue weighted by Crippen LogP contribution is -2.26. The highest BCUT2D eigenvalue weighted by Gasteiger charge is 2.05. The zero-order chi connectivity index (χ0) is 10.3. The van der Waals surface area contributed by atoms with Crippen molar-refractivity contribution in [1.29, 1.82) is 0 Å². The maximum Gasteiger partial charge on any atom is 0.0253 e. The van der Waals surface area contributed by atoms with Gasteiger partial charge in [-0.1, -0.05) is 48.9 Å². The van der Waals surface area contributed by atoms with Crippen LogP contribution >= 0.6 is 0 Å². The van der Waals surface area contributed by atoms with Gasteiger partial charge in [0, 0.05) is 12.6 Å². The molecular formula is C14H19N. The van der Waals surface area contributed by atoms with Crippen molar-refractivity contribution in [2.24, 2.45) is 0 Å². The molecule has 1 N–H and O–H groups in total. The number of allylic oxidation sites excluding steroid dienone is 1. The van der Waals surface area contributed by atoms with E-state index in [-0.39, 0.29) is 0 Å². The number of hydrogen-bond donors (Lipinski definition) is 1. The Morgan fingerprint density at radius 2 is 2.00 bits per heavy atom. The average molecular weight is 201 g/mol. The zero-order valence-electron chi connectivity index (χ0n) is 9.15. The Hall–Kier alpha value is -1.08. The maximum absolute atomic E-state index is 3.59. The largest absolute Gasteiger partial charge is 0.306 e. The topological polar surface area (TPSA) is 12.0 Å². The predicted molar refractivity (Wildman–Crippen MR) is 64.7 cm³/mol. The molecule has 0 fully saturated rings. The fraction of sp³-hybridized carbons (Fsp3) is 0.429. The maximum atomic E-state index is 3.59. The minimum atomic E-state index is 0.577. The summed E-state index contributed by atoms with van der Waals surface area (Å²) in [4.78, 5) is 0. The van der Waals surface area contributed by atoms with E-state index in [0.29, 0.717) is 6.04 Å². The zero-order valence-corrected chi connectivity index (χ0v) is 9.15. The van der Waals surface area contributed by atoms with Gasteiger partial charge < -0.3 is 5.32 Å². The third-order valence-electron chi connectivity index (χ3n) is 2.92. The van der Waals surface area contributed by atoms with Gasteiger partial charge >= 0.3 is 0 Å². The molecule has 0 unspecified atom stereocenters. The molecule has 1 atom stereocenters. The van der Waals surface area contributed by atoms with Crippen LogP contribution in [-0.4, -0.2) is 6.04 Å². The molecule has 1 aromatic carbocycles. The highest BCUT2D eigenvalue weighted by molar-refractivity contribution is 5.14. The van der Waals surface area contributed by atoms with E-state index in [1.807, 2.05) is 0 Å². The second-order valence-corrected chi connectivity index (χ2v) is 4.19. The standard InChI is InChI=1S/C14H19N/c1-2-7-11-14(10-6-1)15-12-13-8-4-3-5-9-13/h3-6,8-10,14-15H,1-2,7,11-12H2/t14-/m0/s1.